The molecule has 1 aromatic heterocycles. The maximum atomic E-state index is 8.88. The molecule has 1 atom stereocenters. The van der Waals surface area contributed by atoms with Crippen LogP contribution in [0.25, 0.3) is 5.69 Å². The van der Waals surface area contributed by atoms with E-state index >= 15 is 0 Å². The molecule has 0 amide bonds. The molecule has 0 saturated heterocycles. The number of aromatic nitrogens is 2. The van der Waals surface area contributed by atoms with Crippen LogP contribution in [0.2, 0.25) is 0 Å². The fourth-order valence-corrected chi connectivity index (χ4v) is 2.62. The molecule has 0 spiro atoms. The largest absolute Gasteiger partial charge is 0.295 e. The Bertz CT molecular complexity index is 575. The van der Waals surface area contributed by atoms with E-state index in [1.165, 1.54) is 22.9 Å². The Balaban J connectivity index is 2.39. The fraction of sp³-hybridized carbons (Fsp3) is 0.286. The SMILES string of the molecule is Cc1cc(C)cc(-n2ccnc2S[C@H](C)C#N)c1. The smallest absolute Gasteiger partial charge is 0.173 e. The van der Waals surface area contributed by atoms with Gasteiger partial charge in [0.15, 0.2) is 5.16 Å². The third-order valence-corrected chi connectivity index (χ3v) is 3.53. The van der Waals surface area contributed by atoms with Crippen molar-refractivity contribution < 1.29 is 0 Å². The van der Waals surface area contributed by atoms with Gasteiger partial charge in [-0.15, -0.1) is 0 Å². The molecular weight excluding hydrogens is 242 g/mol. The van der Waals surface area contributed by atoms with Crippen LogP contribution in [0.4, 0.5) is 0 Å². The summed E-state index contributed by atoms with van der Waals surface area (Å²) < 4.78 is 2.03. The number of aryl methyl sites for hydroxylation is 2. The molecule has 0 saturated carbocycles. The van der Waals surface area contributed by atoms with Crippen LogP contribution in [0.3, 0.4) is 0 Å². The Kier molecular flexibility index (Phi) is 3.73. The summed E-state index contributed by atoms with van der Waals surface area (Å²) in [6.07, 6.45) is 3.70. The zero-order valence-corrected chi connectivity index (χ0v) is 11.5. The minimum Gasteiger partial charge on any atom is -0.295 e. The van der Waals surface area contributed by atoms with Crippen LogP contribution in [-0.2, 0) is 0 Å². The van der Waals surface area contributed by atoms with E-state index in [1.807, 2.05) is 17.7 Å². The molecule has 1 aromatic carbocycles. The Morgan fingerprint density at radius 2 is 1.94 bits per heavy atom. The monoisotopic (exact) mass is 257 g/mol. The highest BCUT2D eigenvalue weighted by Crippen LogP contribution is 2.25. The number of nitrogens with zero attached hydrogens (tertiary/aromatic N) is 3. The highest BCUT2D eigenvalue weighted by atomic mass is 32.2. The number of hydrogen-bond acceptors (Lipinski definition) is 3. The van der Waals surface area contributed by atoms with Crippen LogP contribution in [0, 0.1) is 25.2 Å². The lowest BCUT2D eigenvalue weighted by atomic mass is 10.1. The summed E-state index contributed by atoms with van der Waals surface area (Å²) in [7, 11) is 0. The fourth-order valence-electron chi connectivity index (χ4n) is 1.85. The summed E-state index contributed by atoms with van der Waals surface area (Å²) in [5.41, 5.74) is 3.55. The zero-order valence-electron chi connectivity index (χ0n) is 10.7. The van der Waals surface area contributed by atoms with E-state index in [0.29, 0.717) is 0 Å². The summed E-state index contributed by atoms with van der Waals surface area (Å²) in [6, 6.07) is 8.60. The molecule has 4 heteroatoms. The Hall–Kier alpha value is -1.73. The molecule has 0 fully saturated rings. The molecule has 0 bridgehead atoms. The second kappa shape index (κ2) is 5.28. The molecule has 0 aliphatic heterocycles. The van der Waals surface area contributed by atoms with Gasteiger partial charge in [0.25, 0.3) is 0 Å². The molecule has 0 radical (unpaired) electrons. The van der Waals surface area contributed by atoms with Crippen molar-refractivity contribution in [3.8, 4) is 11.8 Å². The van der Waals surface area contributed by atoms with Gasteiger partial charge in [0.2, 0.25) is 0 Å². The number of hydrogen-bond donors (Lipinski definition) is 0. The molecule has 18 heavy (non-hydrogen) atoms. The van der Waals surface area contributed by atoms with Crippen molar-refractivity contribution in [1.29, 1.82) is 5.26 Å². The molecule has 92 valence electrons. The third-order valence-electron chi connectivity index (χ3n) is 2.56. The van der Waals surface area contributed by atoms with E-state index in [2.05, 4.69) is 43.1 Å². The minimum atomic E-state index is -0.0999. The van der Waals surface area contributed by atoms with E-state index in [4.69, 9.17) is 5.26 Å². The van der Waals surface area contributed by atoms with E-state index in [-0.39, 0.29) is 5.25 Å². The van der Waals surface area contributed by atoms with Gasteiger partial charge in [-0.3, -0.25) is 4.57 Å². The molecule has 0 N–H and O–H groups in total. The first-order valence-electron chi connectivity index (χ1n) is 5.78. The summed E-state index contributed by atoms with van der Waals surface area (Å²) in [5, 5.41) is 9.63. The number of thioether (sulfide) groups is 1. The van der Waals surface area contributed by atoms with Gasteiger partial charge in [-0.25, -0.2) is 4.98 Å². The second-order valence-electron chi connectivity index (χ2n) is 4.31. The number of benzene rings is 1. The lowest BCUT2D eigenvalue weighted by molar-refractivity contribution is 0.890. The van der Waals surface area contributed by atoms with Gasteiger partial charge in [-0.2, -0.15) is 5.26 Å². The van der Waals surface area contributed by atoms with Gasteiger partial charge >= 0.3 is 0 Å². The lowest BCUT2D eigenvalue weighted by Crippen LogP contribution is -1.99. The molecule has 2 rings (SSSR count). The van der Waals surface area contributed by atoms with Crippen molar-refractivity contribution in [1.82, 2.24) is 9.55 Å². The maximum Gasteiger partial charge on any atom is 0.173 e. The van der Waals surface area contributed by atoms with Crippen LogP contribution < -0.4 is 0 Å². The van der Waals surface area contributed by atoms with Gasteiger partial charge < -0.3 is 0 Å². The van der Waals surface area contributed by atoms with Crippen molar-refractivity contribution in [2.45, 2.75) is 31.2 Å². The van der Waals surface area contributed by atoms with Crippen LogP contribution in [0.1, 0.15) is 18.1 Å². The molecular formula is C14H15N3S. The Morgan fingerprint density at radius 1 is 1.28 bits per heavy atom. The highest BCUT2D eigenvalue weighted by Gasteiger charge is 2.10. The highest BCUT2D eigenvalue weighted by molar-refractivity contribution is 8.00. The first kappa shape index (κ1) is 12.7. The topological polar surface area (TPSA) is 41.6 Å². The summed E-state index contributed by atoms with van der Waals surface area (Å²) >= 11 is 1.47. The summed E-state index contributed by atoms with van der Waals surface area (Å²) in [6.45, 7) is 6.04. The van der Waals surface area contributed by atoms with Crippen LogP contribution in [0.15, 0.2) is 35.7 Å². The Labute approximate surface area is 111 Å². The molecule has 0 aliphatic carbocycles. The predicted molar refractivity (Wildman–Crippen MR) is 74.0 cm³/mol. The minimum absolute atomic E-state index is 0.0999. The predicted octanol–water partition coefficient (Wildman–Crippen LogP) is 3.49. The first-order valence-corrected chi connectivity index (χ1v) is 6.66. The van der Waals surface area contributed by atoms with Crippen molar-refractivity contribution >= 4 is 11.8 Å². The van der Waals surface area contributed by atoms with Crippen molar-refractivity contribution in [3.05, 3.63) is 41.7 Å². The van der Waals surface area contributed by atoms with Gasteiger partial charge in [-0.05, 0) is 44.0 Å². The zero-order chi connectivity index (χ0) is 13.1. The lowest BCUT2D eigenvalue weighted by Gasteiger charge is -2.10. The van der Waals surface area contributed by atoms with Crippen molar-refractivity contribution in [2.75, 3.05) is 0 Å². The van der Waals surface area contributed by atoms with Crippen LogP contribution >= 0.6 is 11.8 Å². The third kappa shape index (κ3) is 2.74. The second-order valence-corrected chi connectivity index (χ2v) is 5.62. The molecule has 2 aromatic rings. The maximum absolute atomic E-state index is 8.88. The van der Waals surface area contributed by atoms with Gasteiger partial charge in [0, 0.05) is 18.1 Å². The van der Waals surface area contributed by atoms with E-state index in [9.17, 15) is 0 Å². The molecule has 3 nitrogen and oxygen atoms in total. The van der Waals surface area contributed by atoms with Gasteiger partial charge in [0.05, 0.1) is 11.3 Å². The van der Waals surface area contributed by atoms with Crippen LogP contribution in [0.5, 0.6) is 0 Å². The Morgan fingerprint density at radius 3 is 2.56 bits per heavy atom. The standard InChI is InChI=1S/C14H15N3S/c1-10-6-11(2)8-13(7-10)17-5-4-16-14(17)18-12(3)9-15/h4-8,12H,1-3H3/t12-/m1/s1. The van der Waals surface area contributed by atoms with Gasteiger partial charge in [0.1, 0.15) is 0 Å². The summed E-state index contributed by atoms with van der Waals surface area (Å²) in [4.78, 5) is 4.31. The van der Waals surface area contributed by atoms with Gasteiger partial charge in [-0.1, -0.05) is 17.8 Å². The molecule has 0 unspecified atom stereocenters. The average molecular weight is 257 g/mol. The van der Waals surface area contributed by atoms with Crippen molar-refractivity contribution in [2.24, 2.45) is 0 Å². The van der Waals surface area contributed by atoms with Crippen molar-refractivity contribution in [3.63, 3.8) is 0 Å². The number of nitriles is 1. The summed E-state index contributed by atoms with van der Waals surface area (Å²) in [5.74, 6) is 0. The molecule has 0 aliphatic rings. The number of rotatable bonds is 3. The van der Waals surface area contributed by atoms with E-state index < -0.39 is 0 Å². The molecule has 1 heterocycles. The van der Waals surface area contributed by atoms with Crippen LogP contribution in [-0.4, -0.2) is 14.8 Å². The van der Waals surface area contributed by atoms with E-state index in [1.54, 1.807) is 6.20 Å². The quantitative estimate of drug-likeness (QED) is 0.790. The van der Waals surface area contributed by atoms with E-state index in [0.717, 1.165) is 10.8 Å². The first-order chi connectivity index (χ1) is 8.60. The normalized spacial score (nSPS) is 12.1. The average Bonchev–Trinajstić information content (AvgIpc) is 2.75. The number of imidazole rings is 1.